The van der Waals surface area contributed by atoms with E-state index in [0.29, 0.717) is 45.5 Å². The average molecular weight is 402 g/mol. The van der Waals surface area contributed by atoms with Crippen LogP contribution in [-0.2, 0) is 20.7 Å². The fourth-order valence-corrected chi connectivity index (χ4v) is 4.44. The third kappa shape index (κ3) is 4.28. The molecule has 29 heavy (non-hydrogen) atoms. The summed E-state index contributed by atoms with van der Waals surface area (Å²) < 4.78 is 5.25. The molecule has 2 aliphatic rings. The van der Waals surface area contributed by atoms with Crippen molar-refractivity contribution in [3.8, 4) is 0 Å². The van der Waals surface area contributed by atoms with Crippen molar-refractivity contribution in [3.63, 3.8) is 0 Å². The molecule has 0 unspecified atom stereocenters. The van der Waals surface area contributed by atoms with Gasteiger partial charge in [0, 0.05) is 32.8 Å². The van der Waals surface area contributed by atoms with E-state index in [9.17, 15) is 14.4 Å². The summed E-state index contributed by atoms with van der Waals surface area (Å²) in [6.45, 7) is 4.15. The number of methoxy groups -OCH3 is 1. The lowest BCUT2D eigenvalue weighted by atomic mass is 9.85. The maximum Gasteiger partial charge on any atom is 0.328 e. The van der Waals surface area contributed by atoms with Crippen LogP contribution in [0.1, 0.15) is 25.3 Å². The summed E-state index contributed by atoms with van der Waals surface area (Å²) in [4.78, 5) is 42.7. The first-order valence-electron chi connectivity index (χ1n) is 10.1. The van der Waals surface area contributed by atoms with Gasteiger partial charge in [0.15, 0.2) is 0 Å². The molecule has 1 aromatic rings. The number of hydrogen-bond donors (Lipinski definition) is 1. The topological polar surface area (TPSA) is 96.2 Å². The first kappa shape index (κ1) is 21.3. The molecule has 2 N–H and O–H groups in total. The second-order valence-corrected chi connectivity index (χ2v) is 7.90. The van der Waals surface area contributed by atoms with Crippen LogP contribution in [0.3, 0.4) is 0 Å². The van der Waals surface area contributed by atoms with Crippen molar-refractivity contribution in [2.75, 3.05) is 39.9 Å². The molecule has 8 heteroatoms. The molecule has 1 aromatic carbocycles. The summed E-state index contributed by atoms with van der Waals surface area (Å²) >= 11 is 0. The number of nitrogens with zero attached hydrogens (tertiary/aromatic N) is 3. The number of carbonyl (C=O) groups is 3. The lowest BCUT2D eigenvalue weighted by Gasteiger charge is -2.44. The van der Waals surface area contributed by atoms with E-state index >= 15 is 0 Å². The zero-order valence-electron chi connectivity index (χ0n) is 17.2. The quantitative estimate of drug-likeness (QED) is 0.651. The van der Waals surface area contributed by atoms with Gasteiger partial charge in [-0.1, -0.05) is 30.3 Å². The number of amides is 4. The molecule has 2 fully saturated rings. The molecule has 158 valence electrons. The number of ether oxygens (including phenoxy) is 1. The van der Waals surface area contributed by atoms with E-state index in [2.05, 4.69) is 11.8 Å². The average Bonchev–Trinajstić information content (AvgIpc) is 2.89. The lowest BCUT2D eigenvalue weighted by molar-refractivity contribution is -0.138. The number of piperidine rings is 1. The smallest absolute Gasteiger partial charge is 0.328 e. The van der Waals surface area contributed by atoms with E-state index < -0.39 is 17.5 Å². The van der Waals surface area contributed by atoms with Gasteiger partial charge < -0.3 is 15.4 Å². The minimum atomic E-state index is -0.898. The predicted molar refractivity (Wildman–Crippen MR) is 108 cm³/mol. The molecule has 0 aromatic heterocycles. The third-order valence-electron chi connectivity index (χ3n) is 6.06. The number of imide groups is 1. The second kappa shape index (κ2) is 8.92. The summed E-state index contributed by atoms with van der Waals surface area (Å²) in [5, 5.41) is 0. The molecule has 2 saturated heterocycles. The molecule has 8 nitrogen and oxygen atoms in total. The Morgan fingerprint density at radius 1 is 1.21 bits per heavy atom. The van der Waals surface area contributed by atoms with Crippen molar-refractivity contribution in [3.05, 3.63) is 35.9 Å². The largest absolute Gasteiger partial charge is 0.383 e. The number of rotatable bonds is 8. The zero-order chi connectivity index (χ0) is 21.0. The molecule has 0 bridgehead atoms. The number of benzene rings is 1. The number of carbonyl (C=O) groups excluding carboxylic acids is 3. The second-order valence-electron chi connectivity index (χ2n) is 7.90. The van der Waals surface area contributed by atoms with E-state index in [1.165, 1.54) is 0 Å². The van der Waals surface area contributed by atoms with Crippen molar-refractivity contribution in [2.24, 2.45) is 5.73 Å². The van der Waals surface area contributed by atoms with E-state index in [-0.39, 0.29) is 18.5 Å². The highest BCUT2D eigenvalue weighted by atomic mass is 16.5. The van der Waals surface area contributed by atoms with Crippen LogP contribution in [0.5, 0.6) is 0 Å². The minimum Gasteiger partial charge on any atom is -0.383 e. The first-order valence-corrected chi connectivity index (χ1v) is 10.1. The highest BCUT2D eigenvalue weighted by Gasteiger charge is 2.58. The van der Waals surface area contributed by atoms with Crippen LogP contribution in [0, 0.1) is 0 Å². The Bertz CT molecular complexity index is 746. The van der Waals surface area contributed by atoms with Gasteiger partial charge in [-0.2, -0.15) is 0 Å². The standard InChI is InChI=1S/C21H30N4O4/c1-16(15-29-2)23-12-9-21(10-13-23)19(27)24(14-18(22)26)20(28)25(21)11-8-17-6-4-3-5-7-17/h3-7,16H,8-15H2,1-2H3,(H2,22,26)/t16-/m1/s1. The van der Waals surface area contributed by atoms with Gasteiger partial charge in [-0.25, -0.2) is 4.79 Å². The Balaban J connectivity index is 1.80. The summed E-state index contributed by atoms with van der Waals surface area (Å²) in [7, 11) is 1.67. The van der Waals surface area contributed by atoms with E-state index in [4.69, 9.17) is 10.5 Å². The first-order chi connectivity index (χ1) is 13.9. The van der Waals surface area contributed by atoms with Crippen LogP contribution in [0.4, 0.5) is 4.79 Å². The highest BCUT2D eigenvalue weighted by molar-refractivity contribution is 6.09. The zero-order valence-corrected chi connectivity index (χ0v) is 17.2. The summed E-state index contributed by atoms with van der Waals surface area (Å²) in [5.41, 5.74) is 5.50. The maximum absolute atomic E-state index is 13.3. The Morgan fingerprint density at radius 3 is 2.45 bits per heavy atom. The fourth-order valence-electron chi connectivity index (χ4n) is 4.44. The summed E-state index contributed by atoms with van der Waals surface area (Å²) in [5.74, 6) is -0.980. The van der Waals surface area contributed by atoms with Crippen molar-refractivity contribution in [2.45, 2.75) is 37.8 Å². The monoisotopic (exact) mass is 402 g/mol. The van der Waals surface area contributed by atoms with Crippen molar-refractivity contribution < 1.29 is 19.1 Å². The third-order valence-corrected chi connectivity index (χ3v) is 6.06. The molecule has 4 amide bonds. The van der Waals surface area contributed by atoms with Crippen molar-refractivity contribution in [1.82, 2.24) is 14.7 Å². The number of hydrogen-bond acceptors (Lipinski definition) is 5. The molecule has 0 aliphatic carbocycles. The van der Waals surface area contributed by atoms with E-state index in [1.54, 1.807) is 12.0 Å². The van der Waals surface area contributed by atoms with Crippen LogP contribution in [-0.4, -0.2) is 84.0 Å². The molecular formula is C21H30N4O4. The van der Waals surface area contributed by atoms with Crippen molar-refractivity contribution >= 4 is 17.8 Å². The van der Waals surface area contributed by atoms with E-state index in [0.717, 1.165) is 10.5 Å². The van der Waals surface area contributed by atoms with Crippen LogP contribution in [0.15, 0.2) is 30.3 Å². The van der Waals surface area contributed by atoms with Gasteiger partial charge in [0.25, 0.3) is 5.91 Å². The molecule has 2 aliphatic heterocycles. The van der Waals surface area contributed by atoms with Gasteiger partial charge in [-0.15, -0.1) is 0 Å². The molecule has 2 heterocycles. The Kier molecular flexibility index (Phi) is 6.54. The number of primary amides is 1. The van der Waals surface area contributed by atoms with Crippen LogP contribution < -0.4 is 5.73 Å². The van der Waals surface area contributed by atoms with Gasteiger partial charge in [0.1, 0.15) is 12.1 Å². The lowest BCUT2D eigenvalue weighted by Crippen LogP contribution is -2.58. The number of likely N-dealkylation sites (tertiary alicyclic amines) is 1. The molecule has 0 saturated carbocycles. The Hall–Kier alpha value is -2.45. The fraction of sp³-hybridized carbons (Fsp3) is 0.571. The molecule has 0 radical (unpaired) electrons. The predicted octanol–water partition coefficient (Wildman–Crippen LogP) is 0.848. The van der Waals surface area contributed by atoms with Crippen LogP contribution >= 0.6 is 0 Å². The summed E-state index contributed by atoms with van der Waals surface area (Å²) in [6, 6.07) is 9.69. The van der Waals surface area contributed by atoms with Gasteiger partial charge in [-0.3, -0.25) is 19.4 Å². The van der Waals surface area contributed by atoms with Crippen LogP contribution in [0.25, 0.3) is 0 Å². The SMILES string of the molecule is COC[C@@H](C)N1CCC2(CC1)C(=O)N(CC(N)=O)C(=O)N2CCc1ccccc1. The van der Waals surface area contributed by atoms with E-state index in [1.807, 2.05) is 30.3 Å². The normalized spacial score (nSPS) is 20.5. The Morgan fingerprint density at radius 2 is 1.86 bits per heavy atom. The summed E-state index contributed by atoms with van der Waals surface area (Å²) in [6.07, 6.45) is 1.72. The van der Waals surface area contributed by atoms with Crippen LogP contribution in [0.2, 0.25) is 0 Å². The van der Waals surface area contributed by atoms with Gasteiger partial charge in [0.05, 0.1) is 6.61 Å². The number of nitrogens with two attached hydrogens (primary N) is 1. The van der Waals surface area contributed by atoms with Gasteiger partial charge in [-0.05, 0) is 31.7 Å². The van der Waals surface area contributed by atoms with Gasteiger partial charge >= 0.3 is 6.03 Å². The minimum absolute atomic E-state index is 0.240. The molecule has 1 spiro atoms. The highest BCUT2D eigenvalue weighted by Crippen LogP contribution is 2.37. The Labute approximate surface area is 171 Å². The molecule has 1 atom stereocenters. The van der Waals surface area contributed by atoms with Gasteiger partial charge in [0.2, 0.25) is 5.91 Å². The number of urea groups is 1. The maximum atomic E-state index is 13.3. The molecule has 3 rings (SSSR count). The van der Waals surface area contributed by atoms with Crippen molar-refractivity contribution in [1.29, 1.82) is 0 Å². The molecular weight excluding hydrogens is 372 g/mol.